The maximum Gasteiger partial charge on any atom is 0.150 e. The lowest BCUT2D eigenvalue weighted by Crippen LogP contribution is -1.84. The smallest absolute Gasteiger partial charge is 0.150 e. The van der Waals surface area contributed by atoms with Crippen LogP contribution in [0.4, 0.5) is 0 Å². The highest BCUT2D eigenvalue weighted by molar-refractivity contribution is 7.80. The Kier molecular flexibility index (Phi) is 2.81. The van der Waals surface area contributed by atoms with Crippen molar-refractivity contribution in [2.45, 2.75) is 10.8 Å². The number of carbonyl (C=O) groups is 1. The molecular weight excluding hydrogens is 236 g/mol. The molecule has 0 fully saturated rings. The number of rotatable bonds is 2. The molecule has 72 valence electrons. The molecule has 1 heterocycles. The van der Waals surface area contributed by atoms with Gasteiger partial charge in [-0.2, -0.15) is 0 Å². The molecule has 0 amide bonds. The second kappa shape index (κ2) is 3.93. The molecule has 0 spiro atoms. The predicted molar refractivity (Wildman–Crippen MR) is 64.0 cm³/mol. The van der Waals surface area contributed by atoms with Crippen LogP contribution in [-0.4, -0.2) is 6.29 Å². The number of fused-ring (bicyclic) bond motifs is 1. The first kappa shape index (κ1) is 10.0. The zero-order valence-electron chi connectivity index (χ0n) is 7.16. The van der Waals surface area contributed by atoms with Crippen LogP contribution in [0.2, 0.25) is 0 Å². The van der Waals surface area contributed by atoms with Crippen LogP contribution in [0.25, 0.3) is 10.1 Å². The van der Waals surface area contributed by atoms with Gasteiger partial charge in [-0.15, -0.1) is 35.6 Å². The van der Waals surface area contributed by atoms with Gasteiger partial charge in [-0.1, -0.05) is 0 Å². The summed E-state index contributed by atoms with van der Waals surface area (Å²) in [5.41, 5.74) is 1.65. The number of hydrogen-bond donors (Lipinski definition) is 1. The van der Waals surface area contributed by atoms with E-state index in [1.807, 2.05) is 17.5 Å². The number of carbonyl (C=O) groups excluding carboxylic acids is 1. The minimum absolute atomic E-state index is 0.423. The van der Waals surface area contributed by atoms with Crippen molar-refractivity contribution in [1.82, 2.24) is 0 Å². The molecule has 0 bridgehead atoms. The second-order valence-corrected chi connectivity index (χ2v) is 4.56. The molecule has 0 saturated heterocycles. The molecule has 0 radical (unpaired) electrons. The van der Waals surface area contributed by atoms with Crippen molar-refractivity contribution < 1.29 is 4.79 Å². The van der Waals surface area contributed by atoms with Crippen molar-refractivity contribution >= 4 is 51.9 Å². The molecule has 0 atom stereocenters. The highest BCUT2D eigenvalue weighted by atomic mass is 35.5. The maximum absolute atomic E-state index is 10.7. The Morgan fingerprint density at radius 1 is 1.50 bits per heavy atom. The summed E-state index contributed by atoms with van der Waals surface area (Å²) < 4.78 is 1.12. The highest BCUT2D eigenvalue weighted by Gasteiger charge is 2.07. The van der Waals surface area contributed by atoms with E-state index in [1.54, 1.807) is 11.3 Å². The molecule has 0 unspecified atom stereocenters. The van der Waals surface area contributed by atoms with Crippen molar-refractivity contribution in [1.29, 1.82) is 0 Å². The number of benzene rings is 1. The summed E-state index contributed by atoms with van der Waals surface area (Å²) in [6, 6.07) is 3.67. The minimum atomic E-state index is 0.423. The SMILES string of the molecule is O=Cc1cc(CCl)c2scc(S)c2c1. The largest absolute Gasteiger partial charge is 0.298 e. The third-order valence-corrected chi connectivity index (χ3v) is 3.94. The number of thiol groups is 1. The van der Waals surface area contributed by atoms with Gasteiger partial charge in [0, 0.05) is 31.8 Å². The zero-order valence-corrected chi connectivity index (χ0v) is 9.63. The van der Waals surface area contributed by atoms with E-state index >= 15 is 0 Å². The van der Waals surface area contributed by atoms with Gasteiger partial charge in [0.15, 0.2) is 0 Å². The Morgan fingerprint density at radius 3 is 2.93 bits per heavy atom. The van der Waals surface area contributed by atoms with Gasteiger partial charge < -0.3 is 0 Å². The summed E-state index contributed by atoms with van der Waals surface area (Å²) in [5.74, 6) is 0.423. The van der Waals surface area contributed by atoms with Gasteiger partial charge in [0.2, 0.25) is 0 Å². The van der Waals surface area contributed by atoms with Crippen LogP contribution in [-0.2, 0) is 5.88 Å². The van der Waals surface area contributed by atoms with Crippen LogP contribution in [0.15, 0.2) is 22.4 Å². The van der Waals surface area contributed by atoms with E-state index in [2.05, 4.69) is 12.6 Å². The number of hydrogen-bond acceptors (Lipinski definition) is 3. The quantitative estimate of drug-likeness (QED) is 0.482. The predicted octanol–water partition coefficient (Wildman–Crippen LogP) is 3.74. The van der Waals surface area contributed by atoms with E-state index in [9.17, 15) is 4.79 Å². The first-order chi connectivity index (χ1) is 6.76. The molecule has 0 aliphatic rings. The van der Waals surface area contributed by atoms with Gasteiger partial charge in [-0.3, -0.25) is 4.79 Å². The molecule has 14 heavy (non-hydrogen) atoms. The van der Waals surface area contributed by atoms with E-state index in [0.29, 0.717) is 11.4 Å². The molecule has 0 aliphatic heterocycles. The van der Waals surface area contributed by atoms with Crippen LogP contribution < -0.4 is 0 Å². The molecular formula is C10H7ClOS2. The third-order valence-electron chi connectivity index (χ3n) is 2.03. The summed E-state index contributed by atoms with van der Waals surface area (Å²) in [7, 11) is 0. The average molecular weight is 243 g/mol. The topological polar surface area (TPSA) is 17.1 Å². The van der Waals surface area contributed by atoms with Crippen LogP contribution in [0.3, 0.4) is 0 Å². The molecule has 1 aromatic heterocycles. The summed E-state index contributed by atoms with van der Waals surface area (Å²) in [6.07, 6.45) is 0.834. The molecule has 0 aliphatic carbocycles. The average Bonchev–Trinajstić information content (AvgIpc) is 2.59. The first-order valence-corrected chi connectivity index (χ1v) is 5.86. The van der Waals surface area contributed by atoms with E-state index < -0.39 is 0 Å². The molecule has 0 N–H and O–H groups in total. The number of halogens is 1. The Morgan fingerprint density at radius 2 is 2.29 bits per heavy atom. The standard InChI is InChI=1S/C10H7ClOS2/c11-3-7-1-6(4-12)2-8-9(13)5-14-10(7)8/h1-2,4-5,13H,3H2. The zero-order chi connectivity index (χ0) is 10.1. The van der Waals surface area contributed by atoms with Crippen LogP contribution in [0.1, 0.15) is 15.9 Å². The van der Waals surface area contributed by atoms with Crippen LogP contribution >= 0.6 is 35.6 Å². The molecule has 1 nitrogen and oxygen atoms in total. The fourth-order valence-electron chi connectivity index (χ4n) is 1.39. The van der Waals surface area contributed by atoms with Crippen molar-refractivity contribution in [3.8, 4) is 0 Å². The lowest BCUT2D eigenvalue weighted by molar-refractivity contribution is 0.112. The van der Waals surface area contributed by atoms with Crippen molar-refractivity contribution in [2.24, 2.45) is 0 Å². The number of alkyl halides is 1. The highest BCUT2D eigenvalue weighted by Crippen LogP contribution is 2.32. The molecule has 4 heteroatoms. The number of thiophene rings is 1. The summed E-state index contributed by atoms with van der Waals surface area (Å²) in [4.78, 5) is 11.6. The van der Waals surface area contributed by atoms with Gasteiger partial charge in [0.25, 0.3) is 0 Å². The first-order valence-electron chi connectivity index (χ1n) is 4.00. The lowest BCUT2D eigenvalue weighted by Gasteiger charge is -2.00. The lowest BCUT2D eigenvalue weighted by atomic mass is 10.1. The Labute approximate surface area is 96.1 Å². The third kappa shape index (κ3) is 1.56. The van der Waals surface area contributed by atoms with E-state index in [-0.39, 0.29) is 0 Å². The Hall–Kier alpha value is -0.510. The van der Waals surface area contributed by atoms with Crippen molar-refractivity contribution in [3.63, 3.8) is 0 Å². The van der Waals surface area contributed by atoms with Crippen LogP contribution in [0, 0.1) is 0 Å². The van der Waals surface area contributed by atoms with E-state index in [4.69, 9.17) is 11.6 Å². The van der Waals surface area contributed by atoms with Crippen LogP contribution in [0.5, 0.6) is 0 Å². The fraction of sp³-hybridized carbons (Fsp3) is 0.100. The van der Waals surface area contributed by atoms with Gasteiger partial charge in [-0.05, 0) is 17.7 Å². The Bertz CT molecular complexity index is 490. The normalized spacial score (nSPS) is 10.7. The summed E-state index contributed by atoms with van der Waals surface area (Å²) in [5, 5.41) is 2.97. The van der Waals surface area contributed by atoms with Crippen molar-refractivity contribution in [2.75, 3.05) is 0 Å². The Balaban J connectivity index is 2.82. The van der Waals surface area contributed by atoms with Gasteiger partial charge in [0.1, 0.15) is 6.29 Å². The second-order valence-electron chi connectivity index (χ2n) is 2.93. The van der Waals surface area contributed by atoms with E-state index in [1.165, 1.54) is 0 Å². The van der Waals surface area contributed by atoms with Gasteiger partial charge >= 0.3 is 0 Å². The monoisotopic (exact) mass is 242 g/mol. The van der Waals surface area contributed by atoms with Crippen molar-refractivity contribution in [3.05, 3.63) is 28.6 Å². The van der Waals surface area contributed by atoms with Gasteiger partial charge in [0.05, 0.1) is 0 Å². The molecule has 2 aromatic rings. The molecule has 2 rings (SSSR count). The summed E-state index contributed by atoms with van der Waals surface area (Å²) in [6.45, 7) is 0. The van der Waals surface area contributed by atoms with E-state index in [0.717, 1.165) is 26.8 Å². The molecule has 0 saturated carbocycles. The van der Waals surface area contributed by atoms with Gasteiger partial charge in [-0.25, -0.2) is 0 Å². The number of aldehydes is 1. The fourth-order valence-corrected chi connectivity index (χ4v) is 3.02. The minimum Gasteiger partial charge on any atom is -0.298 e. The molecule has 1 aromatic carbocycles. The maximum atomic E-state index is 10.7. The summed E-state index contributed by atoms with van der Waals surface area (Å²) >= 11 is 11.7.